The standard InChI is InChI=1S/C18H25NO2/c1-13-6-7-14(2)17(8-13)21-12-16-9-15(11-20-16)10-19-18(3,4)5/h6-9,11,19H,10,12H2,1-5H3. The van der Waals surface area contributed by atoms with E-state index in [-0.39, 0.29) is 5.54 Å². The lowest BCUT2D eigenvalue weighted by molar-refractivity contribution is 0.268. The minimum Gasteiger partial charge on any atom is -0.485 e. The number of nitrogens with one attached hydrogen (secondary N) is 1. The third-order valence-corrected chi connectivity index (χ3v) is 3.24. The Morgan fingerprint density at radius 1 is 1.14 bits per heavy atom. The summed E-state index contributed by atoms with van der Waals surface area (Å²) in [5.74, 6) is 1.77. The highest BCUT2D eigenvalue weighted by Crippen LogP contribution is 2.21. The van der Waals surface area contributed by atoms with Crippen molar-refractivity contribution >= 4 is 0 Å². The molecule has 1 heterocycles. The summed E-state index contributed by atoms with van der Waals surface area (Å²) in [6, 6.07) is 8.26. The van der Waals surface area contributed by atoms with Gasteiger partial charge in [0.1, 0.15) is 18.1 Å². The van der Waals surface area contributed by atoms with Crippen LogP contribution in [0.4, 0.5) is 0 Å². The first-order valence-corrected chi connectivity index (χ1v) is 7.35. The van der Waals surface area contributed by atoms with Gasteiger partial charge in [-0.1, -0.05) is 12.1 Å². The highest BCUT2D eigenvalue weighted by molar-refractivity contribution is 5.36. The van der Waals surface area contributed by atoms with Gasteiger partial charge in [0.25, 0.3) is 0 Å². The molecule has 21 heavy (non-hydrogen) atoms. The first-order valence-electron chi connectivity index (χ1n) is 7.35. The van der Waals surface area contributed by atoms with E-state index in [0.29, 0.717) is 6.61 Å². The van der Waals surface area contributed by atoms with E-state index < -0.39 is 0 Å². The van der Waals surface area contributed by atoms with Gasteiger partial charge < -0.3 is 14.5 Å². The normalized spacial score (nSPS) is 11.7. The van der Waals surface area contributed by atoms with Gasteiger partial charge in [-0.3, -0.25) is 0 Å². The van der Waals surface area contributed by atoms with Crippen LogP contribution in [-0.4, -0.2) is 5.54 Å². The number of benzene rings is 1. The highest BCUT2D eigenvalue weighted by atomic mass is 16.5. The van der Waals surface area contributed by atoms with Crippen LogP contribution in [0.15, 0.2) is 34.9 Å². The molecule has 3 nitrogen and oxygen atoms in total. The zero-order chi connectivity index (χ0) is 15.5. The lowest BCUT2D eigenvalue weighted by Crippen LogP contribution is -2.34. The van der Waals surface area contributed by atoms with E-state index in [1.54, 1.807) is 6.26 Å². The molecule has 0 fully saturated rings. The highest BCUT2D eigenvalue weighted by Gasteiger charge is 2.10. The molecule has 2 rings (SSSR count). The number of aryl methyl sites for hydroxylation is 2. The molecule has 0 aliphatic rings. The van der Waals surface area contributed by atoms with E-state index in [4.69, 9.17) is 9.15 Å². The first-order chi connectivity index (χ1) is 9.83. The molecule has 1 N–H and O–H groups in total. The van der Waals surface area contributed by atoms with Gasteiger partial charge in [-0.05, 0) is 57.9 Å². The monoisotopic (exact) mass is 287 g/mol. The second-order valence-electron chi connectivity index (χ2n) is 6.58. The first kappa shape index (κ1) is 15.6. The molecule has 0 aliphatic heterocycles. The van der Waals surface area contributed by atoms with Crippen LogP contribution in [0.25, 0.3) is 0 Å². The van der Waals surface area contributed by atoms with Crippen molar-refractivity contribution < 1.29 is 9.15 Å². The number of furan rings is 1. The Labute approximate surface area is 127 Å². The maximum Gasteiger partial charge on any atom is 0.146 e. The second-order valence-corrected chi connectivity index (χ2v) is 6.58. The van der Waals surface area contributed by atoms with Gasteiger partial charge in [-0.15, -0.1) is 0 Å². The summed E-state index contributed by atoms with van der Waals surface area (Å²) in [7, 11) is 0. The summed E-state index contributed by atoms with van der Waals surface area (Å²) in [5, 5.41) is 3.44. The zero-order valence-electron chi connectivity index (χ0n) is 13.6. The minimum absolute atomic E-state index is 0.104. The molecule has 0 radical (unpaired) electrons. The summed E-state index contributed by atoms with van der Waals surface area (Å²) >= 11 is 0. The Balaban J connectivity index is 1.92. The van der Waals surface area contributed by atoms with Gasteiger partial charge in [0, 0.05) is 17.6 Å². The molecular weight excluding hydrogens is 262 g/mol. The molecular formula is C18H25NO2. The summed E-state index contributed by atoms with van der Waals surface area (Å²) in [5.41, 5.74) is 3.59. The molecule has 0 spiro atoms. The van der Waals surface area contributed by atoms with Crippen LogP contribution in [0, 0.1) is 13.8 Å². The SMILES string of the molecule is Cc1ccc(C)c(OCc2cc(CNC(C)(C)C)co2)c1. The van der Waals surface area contributed by atoms with Crippen LogP contribution in [-0.2, 0) is 13.2 Å². The van der Waals surface area contributed by atoms with Crippen molar-refractivity contribution in [3.05, 3.63) is 53.0 Å². The van der Waals surface area contributed by atoms with Crippen molar-refractivity contribution in [1.29, 1.82) is 0 Å². The molecule has 0 unspecified atom stereocenters. The third-order valence-electron chi connectivity index (χ3n) is 3.24. The molecule has 3 heteroatoms. The average Bonchev–Trinajstić information content (AvgIpc) is 2.85. The minimum atomic E-state index is 0.104. The van der Waals surface area contributed by atoms with Crippen LogP contribution in [0.1, 0.15) is 43.2 Å². The van der Waals surface area contributed by atoms with Gasteiger partial charge >= 0.3 is 0 Å². The second kappa shape index (κ2) is 6.35. The predicted octanol–water partition coefficient (Wildman–Crippen LogP) is 4.36. The summed E-state index contributed by atoms with van der Waals surface area (Å²) in [4.78, 5) is 0. The van der Waals surface area contributed by atoms with Gasteiger partial charge in [0.2, 0.25) is 0 Å². The van der Waals surface area contributed by atoms with Crippen molar-refractivity contribution in [2.24, 2.45) is 0 Å². The van der Waals surface area contributed by atoms with Gasteiger partial charge in [-0.2, -0.15) is 0 Å². The van der Waals surface area contributed by atoms with Crippen LogP contribution in [0.2, 0.25) is 0 Å². The Bertz CT molecular complexity index is 594. The number of hydrogen-bond acceptors (Lipinski definition) is 3. The lowest BCUT2D eigenvalue weighted by atomic mass is 10.1. The van der Waals surface area contributed by atoms with Crippen molar-refractivity contribution in [3.8, 4) is 5.75 Å². The molecule has 0 atom stereocenters. The Kier molecular flexibility index (Phi) is 4.73. The van der Waals surface area contributed by atoms with Gasteiger partial charge in [0.05, 0.1) is 6.26 Å². The van der Waals surface area contributed by atoms with E-state index in [2.05, 4.69) is 58.1 Å². The fourth-order valence-electron chi connectivity index (χ4n) is 1.97. The largest absolute Gasteiger partial charge is 0.485 e. The molecule has 0 saturated heterocycles. The Morgan fingerprint density at radius 3 is 2.62 bits per heavy atom. The summed E-state index contributed by atoms with van der Waals surface area (Å²) in [6.45, 7) is 11.8. The van der Waals surface area contributed by atoms with Crippen molar-refractivity contribution in [2.45, 2.75) is 53.3 Å². The fraction of sp³-hybridized carbons (Fsp3) is 0.444. The maximum absolute atomic E-state index is 5.85. The third kappa shape index (κ3) is 4.94. The van der Waals surface area contributed by atoms with Crippen molar-refractivity contribution in [1.82, 2.24) is 5.32 Å². The number of ether oxygens (including phenoxy) is 1. The van der Waals surface area contributed by atoms with E-state index >= 15 is 0 Å². The molecule has 1 aromatic carbocycles. The van der Waals surface area contributed by atoms with E-state index in [9.17, 15) is 0 Å². The van der Waals surface area contributed by atoms with E-state index in [1.165, 1.54) is 5.56 Å². The van der Waals surface area contributed by atoms with Gasteiger partial charge in [0.15, 0.2) is 0 Å². The number of rotatable bonds is 5. The van der Waals surface area contributed by atoms with Crippen molar-refractivity contribution in [2.75, 3.05) is 0 Å². The Hall–Kier alpha value is -1.74. The zero-order valence-corrected chi connectivity index (χ0v) is 13.6. The van der Waals surface area contributed by atoms with Crippen LogP contribution < -0.4 is 10.1 Å². The van der Waals surface area contributed by atoms with Crippen LogP contribution in [0.3, 0.4) is 0 Å². The number of hydrogen-bond donors (Lipinski definition) is 1. The summed E-state index contributed by atoms with van der Waals surface area (Å²) in [6.07, 6.45) is 1.79. The molecule has 2 aromatic rings. The molecule has 1 aromatic heterocycles. The predicted molar refractivity (Wildman–Crippen MR) is 85.5 cm³/mol. The molecule has 0 bridgehead atoms. The van der Waals surface area contributed by atoms with E-state index in [1.807, 2.05) is 6.07 Å². The van der Waals surface area contributed by atoms with Crippen LogP contribution in [0.5, 0.6) is 5.75 Å². The average molecular weight is 287 g/mol. The molecule has 0 saturated carbocycles. The van der Waals surface area contributed by atoms with E-state index in [0.717, 1.165) is 29.2 Å². The molecule has 114 valence electrons. The molecule has 0 aliphatic carbocycles. The Morgan fingerprint density at radius 2 is 1.90 bits per heavy atom. The summed E-state index contributed by atoms with van der Waals surface area (Å²) < 4.78 is 11.4. The molecule has 0 amide bonds. The van der Waals surface area contributed by atoms with Crippen LogP contribution >= 0.6 is 0 Å². The topological polar surface area (TPSA) is 34.4 Å². The smallest absolute Gasteiger partial charge is 0.146 e. The fourth-order valence-corrected chi connectivity index (χ4v) is 1.97. The van der Waals surface area contributed by atoms with Gasteiger partial charge in [-0.25, -0.2) is 0 Å². The maximum atomic E-state index is 5.85. The lowest BCUT2D eigenvalue weighted by Gasteiger charge is -2.19. The quantitative estimate of drug-likeness (QED) is 0.887. The van der Waals surface area contributed by atoms with Crippen molar-refractivity contribution in [3.63, 3.8) is 0 Å².